The molecule has 0 amide bonds. The van der Waals surface area contributed by atoms with Crippen molar-refractivity contribution >= 4 is 16.9 Å². The zero-order valence-corrected chi connectivity index (χ0v) is 5.50. The van der Waals surface area contributed by atoms with E-state index in [9.17, 15) is 4.39 Å². The number of hydrogen-bond acceptors (Lipinski definition) is 0. The van der Waals surface area contributed by atoms with Gasteiger partial charge in [-0.15, -0.1) is 0 Å². The molecule has 5 heavy (non-hydrogen) atoms. The van der Waals surface area contributed by atoms with Gasteiger partial charge in [0, 0.05) is 0 Å². The van der Waals surface area contributed by atoms with Crippen LogP contribution in [0.2, 0.25) is 5.21 Å². The van der Waals surface area contributed by atoms with Crippen LogP contribution in [-0.4, -0.2) is 23.5 Å². The van der Waals surface area contributed by atoms with Crippen LogP contribution in [0.1, 0.15) is 6.42 Å². The van der Waals surface area contributed by atoms with Gasteiger partial charge in [0.2, 0.25) is 0 Å². The fraction of sp³-hybridized carbons (Fsp3) is 1.00. The van der Waals surface area contributed by atoms with Gasteiger partial charge in [-0.2, -0.15) is 0 Å². The molecule has 2 heteroatoms. The van der Waals surface area contributed by atoms with E-state index in [1.54, 1.807) is 16.9 Å². The Morgan fingerprint density at radius 1 is 1.60 bits per heavy atom. The normalized spacial score (nSPS) is 8.40. The molecule has 32 valence electrons. The molecule has 0 saturated heterocycles. The van der Waals surface area contributed by atoms with E-state index >= 15 is 0 Å². The summed E-state index contributed by atoms with van der Waals surface area (Å²) >= 11 is 1.61. The third kappa shape index (κ3) is 4.49. The predicted molar refractivity (Wildman–Crippen MR) is 23.9 cm³/mol. The number of hydrogen-bond donors (Lipinski definition) is 0. The van der Waals surface area contributed by atoms with Crippen LogP contribution in [0.25, 0.3) is 0 Å². The fourth-order valence-electron chi connectivity index (χ4n) is 0.0772. The second kappa shape index (κ2) is 4.49. The molecule has 0 aliphatic rings. The van der Waals surface area contributed by atoms with E-state index < -0.39 is 0 Å². The third-order valence-corrected chi connectivity index (χ3v) is 1.19. The summed E-state index contributed by atoms with van der Waals surface area (Å²) in [5.41, 5.74) is 0. The average molecular weight is 138 g/mol. The van der Waals surface area contributed by atoms with Gasteiger partial charge in [0.15, 0.2) is 0 Å². The molecule has 0 radical (unpaired) electrons. The molecule has 0 aromatic heterocycles. The molecule has 0 aromatic carbocycles. The molecule has 1 unspecified atom stereocenters. The predicted octanol–water partition coefficient (Wildman–Crippen LogP) is 0.397. The summed E-state index contributed by atoms with van der Waals surface area (Å²) in [5.74, 6) is 0. The molecule has 0 N–H and O–H groups in total. The van der Waals surface area contributed by atoms with E-state index in [1.165, 1.54) is 0 Å². The molecule has 0 nitrogen and oxygen atoms in total. The van der Waals surface area contributed by atoms with Gasteiger partial charge in [0.05, 0.1) is 0 Å². The van der Waals surface area contributed by atoms with Crippen molar-refractivity contribution in [3.05, 3.63) is 0 Å². The molecule has 0 spiro atoms. The van der Waals surface area contributed by atoms with E-state index in [1.807, 2.05) is 0 Å². The topological polar surface area (TPSA) is 0 Å². The molecular weight excluding hydrogens is 130 g/mol. The van der Waals surface area contributed by atoms with Crippen molar-refractivity contribution in [1.29, 1.82) is 0 Å². The van der Waals surface area contributed by atoms with Gasteiger partial charge in [-0.3, -0.25) is 0 Å². The summed E-state index contributed by atoms with van der Waals surface area (Å²) in [6.45, 7) is -0.141. The van der Waals surface area contributed by atoms with Gasteiger partial charge in [0.1, 0.15) is 0 Å². The van der Waals surface area contributed by atoms with Crippen molar-refractivity contribution in [1.82, 2.24) is 0 Å². The van der Waals surface area contributed by atoms with Crippen LogP contribution in [0.15, 0.2) is 0 Å². The summed E-state index contributed by atoms with van der Waals surface area (Å²) in [6, 6.07) is 0. The Kier molecular flexibility index (Phi) is 4.93. The van der Waals surface area contributed by atoms with Crippen molar-refractivity contribution < 1.29 is 4.39 Å². The van der Waals surface area contributed by atoms with Crippen LogP contribution >= 0.6 is 0 Å². The summed E-state index contributed by atoms with van der Waals surface area (Å²) in [5, 5.41) is 1.03. The minimum atomic E-state index is -0.141. The van der Waals surface area contributed by atoms with Crippen molar-refractivity contribution in [3.8, 4) is 0 Å². The Bertz CT molecular complexity index is 14.4. The summed E-state index contributed by atoms with van der Waals surface area (Å²) in [6.07, 6.45) is 0.750. The van der Waals surface area contributed by atoms with Crippen molar-refractivity contribution in [3.63, 3.8) is 0 Å². The van der Waals surface area contributed by atoms with E-state index in [0.717, 1.165) is 11.6 Å². The second-order valence-corrected chi connectivity index (χ2v) is 2.04. The Morgan fingerprint density at radius 2 is 2.20 bits per heavy atom. The van der Waals surface area contributed by atoms with Crippen LogP contribution < -0.4 is 0 Å². The van der Waals surface area contributed by atoms with Gasteiger partial charge < -0.3 is 0 Å². The Hall–Kier alpha value is 0.488. The zero-order chi connectivity index (χ0) is 4.12. The van der Waals surface area contributed by atoms with Crippen molar-refractivity contribution in [2.75, 3.05) is 6.67 Å². The maximum atomic E-state index is 11.0. The molecule has 0 bridgehead atoms. The fourth-order valence-corrected chi connectivity index (χ4v) is 0.401. The first-order chi connectivity index (χ1) is 2.41. The van der Waals surface area contributed by atoms with E-state index in [-0.39, 0.29) is 6.67 Å². The molecular formula is C3H8AsF. The molecule has 0 saturated carbocycles. The summed E-state index contributed by atoms with van der Waals surface area (Å²) in [7, 11) is 0. The first-order valence-electron chi connectivity index (χ1n) is 1.68. The molecule has 0 heterocycles. The van der Waals surface area contributed by atoms with Crippen LogP contribution in [0, 0.1) is 0 Å². The summed E-state index contributed by atoms with van der Waals surface area (Å²) < 4.78 is 11.0. The summed E-state index contributed by atoms with van der Waals surface area (Å²) in [4.78, 5) is 0. The van der Waals surface area contributed by atoms with E-state index in [0.29, 0.717) is 0 Å². The van der Waals surface area contributed by atoms with Gasteiger partial charge in [-0.1, -0.05) is 0 Å². The number of rotatable bonds is 2. The SMILES string of the molecule is FCCC[AsH2]. The Labute approximate surface area is 40.3 Å². The van der Waals surface area contributed by atoms with Crippen LogP contribution in [-0.2, 0) is 0 Å². The number of alkyl halides is 1. The quantitative estimate of drug-likeness (QED) is 0.484. The third-order valence-electron chi connectivity index (χ3n) is 0.338. The van der Waals surface area contributed by atoms with Crippen LogP contribution in [0.5, 0.6) is 0 Å². The Morgan fingerprint density at radius 3 is 2.20 bits per heavy atom. The molecule has 0 aromatic rings. The Balaban J connectivity index is 2.19. The second-order valence-electron chi connectivity index (χ2n) is 0.831. The van der Waals surface area contributed by atoms with Crippen molar-refractivity contribution in [2.24, 2.45) is 0 Å². The molecule has 0 aliphatic carbocycles. The molecule has 0 aliphatic heterocycles. The molecule has 0 fully saturated rings. The monoisotopic (exact) mass is 138 g/mol. The number of halogens is 1. The first kappa shape index (κ1) is 5.49. The van der Waals surface area contributed by atoms with Gasteiger partial charge in [-0.25, -0.2) is 0 Å². The van der Waals surface area contributed by atoms with Crippen molar-refractivity contribution in [2.45, 2.75) is 11.6 Å². The van der Waals surface area contributed by atoms with Crippen LogP contribution in [0.3, 0.4) is 0 Å². The average Bonchev–Trinajstić information content (AvgIpc) is 1.41. The molecule has 0 rings (SSSR count). The van der Waals surface area contributed by atoms with E-state index in [4.69, 9.17) is 0 Å². The standard InChI is InChI=1S/C3H8AsF/c4-2-1-3-5/h1-4H2. The maximum absolute atomic E-state index is 11.0. The van der Waals surface area contributed by atoms with Crippen LogP contribution in [0.4, 0.5) is 4.39 Å². The van der Waals surface area contributed by atoms with Gasteiger partial charge in [-0.05, 0) is 0 Å². The van der Waals surface area contributed by atoms with E-state index in [2.05, 4.69) is 0 Å². The van der Waals surface area contributed by atoms with Gasteiger partial charge >= 0.3 is 39.5 Å². The minimum absolute atomic E-state index is 0.141. The first-order valence-corrected chi connectivity index (χ1v) is 3.39. The molecule has 1 atom stereocenters. The zero-order valence-electron chi connectivity index (χ0n) is 3.08. The van der Waals surface area contributed by atoms with Gasteiger partial charge in [0.25, 0.3) is 0 Å².